The summed E-state index contributed by atoms with van der Waals surface area (Å²) in [5.74, 6) is 1.39. The molecule has 0 radical (unpaired) electrons. The first-order chi connectivity index (χ1) is 12.1. The van der Waals surface area contributed by atoms with Crippen LogP contribution in [0.1, 0.15) is 43.5 Å². The smallest absolute Gasteiger partial charge is 0.161 e. The number of nitriles is 2. The molecule has 0 fully saturated rings. The van der Waals surface area contributed by atoms with Crippen molar-refractivity contribution in [1.82, 2.24) is 0 Å². The third-order valence-electron chi connectivity index (χ3n) is 3.73. The Bertz CT molecular complexity index is 786. The van der Waals surface area contributed by atoms with E-state index in [4.69, 9.17) is 9.47 Å². The average Bonchev–Trinajstić information content (AvgIpc) is 2.63. The van der Waals surface area contributed by atoms with E-state index in [0.717, 1.165) is 5.56 Å². The highest BCUT2D eigenvalue weighted by molar-refractivity contribution is 5.67. The van der Waals surface area contributed by atoms with Gasteiger partial charge in [0.15, 0.2) is 11.5 Å². The Balaban J connectivity index is 2.33. The van der Waals surface area contributed by atoms with Gasteiger partial charge in [0.25, 0.3) is 0 Å². The van der Waals surface area contributed by atoms with Crippen LogP contribution in [0.25, 0.3) is 0 Å². The van der Waals surface area contributed by atoms with E-state index in [2.05, 4.69) is 17.5 Å². The van der Waals surface area contributed by atoms with Crippen molar-refractivity contribution in [2.75, 3.05) is 18.5 Å². The van der Waals surface area contributed by atoms with Crippen molar-refractivity contribution in [3.8, 4) is 23.6 Å². The highest BCUT2D eigenvalue weighted by atomic mass is 16.5. The Morgan fingerprint density at radius 1 is 0.960 bits per heavy atom. The number of hydrogen-bond acceptors (Lipinski definition) is 5. The Morgan fingerprint density at radius 2 is 1.56 bits per heavy atom. The first kappa shape index (κ1) is 18.2. The molecule has 2 rings (SSSR count). The molecule has 1 N–H and O–H groups in total. The predicted octanol–water partition coefficient (Wildman–Crippen LogP) is 4.40. The van der Waals surface area contributed by atoms with Gasteiger partial charge in [-0.25, -0.2) is 0 Å². The minimum atomic E-state index is -0.114. The van der Waals surface area contributed by atoms with Gasteiger partial charge in [-0.05, 0) is 50.6 Å². The van der Waals surface area contributed by atoms with Crippen LogP contribution in [-0.2, 0) is 0 Å². The van der Waals surface area contributed by atoms with Gasteiger partial charge in [-0.1, -0.05) is 12.1 Å². The molecule has 0 spiro atoms. The molecule has 0 aliphatic rings. The molecule has 0 bridgehead atoms. The molecule has 0 heterocycles. The quantitative estimate of drug-likeness (QED) is 0.811. The molecule has 2 aromatic rings. The third kappa shape index (κ3) is 4.22. The maximum Gasteiger partial charge on any atom is 0.161 e. The van der Waals surface area contributed by atoms with Gasteiger partial charge in [-0.15, -0.1) is 0 Å². The minimum absolute atomic E-state index is 0.114. The summed E-state index contributed by atoms with van der Waals surface area (Å²) in [6.07, 6.45) is 0. The molecule has 0 aliphatic heterocycles. The lowest BCUT2D eigenvalue weighted by atomic mass is 10.0. The molecule has 128 valence electrons. The highest BCUT2D eigenvalue weighted by Gasteiger charge is 2.15. The second kappa shape index (κ2) is 8.61. The van der Waals surface area contributed by atoms with Gasteiger partial charge in [-0.2, -0.15) is 10.5 Å². The topological polar surface area (TPSA) is 78.1 Å². The zero-order valence-electron chi connectivity index (χ0n) is 14.7. The van der Waals surface area contributed by atoms with Crippen molar-refractivity contribution in [1.29, 1.82) is 10.5 Å². The third-order valence-corrected chi connectivity index (χ3v) is 3.73. The number of hydrogen-bond donors (Lipinski definition) is 1. The van der Waals surface area contributed by atoms with Crippen molar-refractivity contribution in [2.24, 2.45) is 0 Å². The number of anilines is 1. The number of para-hydroxylation sites is 1. The fourth-order valence-corrected chi connectivity index (χ4v) is 2.53. The van der Waals surface area contributed by atoms with Gasteiger partial charge in [0.2, 0.25) is 0 Å². The molecular formula is C20H21N3O2. The monoisotopic (exact) mass is 335 g/mol. The molecule has 0 amide bonds. The molecule has 5 nitrogen and oxygen atoms in total. The van der Waals surface area contributed by atoms with Crippen molar-refractivity contribution in [3.05, 3.63) is 53.1 Å². The standard InChI is InChI=1S/C20H21N3O2/c1-4-24-18-10-9-15(11-19(18)25-5-2)14(3)23-20-16(12-21)7-6-8-17(20)13-22/h6-11,14,23H,4-5H2,1-3H3. The normalized spacial score (nSPS) is 11.1. The zero-order valence-corrected chi connectivity index (χ0v) is 14.7. The van der Waals surface area contributed by atoms with Crippen LogP contribution in [0, 0.1) is 22.7 Å². The van der Waals surface area contributed by atoms with Gasteiger partial charge in [-0.3, -0.25) is 0 Å². The molecule has 0 aromatic heterocycles. The van der Waals surface area contributed by atoms with Crippen molar-refractivity contribution in [3.63, 3.8) is 0 Å². The molecule has 1 unspecified atom stereocenters. The summed E-state index contributed by atoms with van der Waals surface area (Å²) in [5, 5.41) is 21.9. The first-order valence-corrected chi connectivity index (χ1v) is 8.23. The largest absolute Gasteiger partial charge is 0.490 e. The lowest BCUT2D eigenvalue weighted by molar-refractivity contribution is 0.287. The maximum absolute atomic E-state index is 9.30. The van der Waals surface area contributed by atoms with Crippen LogP contribution in [0.5, 0.6) is 11.5 Å². The lowest BCUT2D eigenvalue weighted by Crippen LogP contribution is -2.10. The summed E-state index contributed by atoms with van der Waals surface area (Å²) in [4.78, 5) is 0. The summed E-state index contributed by atoms with van der Waals surface area (Å²) >= 11 is 0. The van der Waals surface area contributed by atoms with E-state index in [1.165, 1.54) is 0 Å². The van der Waals surface area contributed by atoms with Crippen molar-refractivity contribution < 1.29 is 9.47 Å². The van der Waals surface area contributed by atoms with Crippen LogP contribution in [0.3, 0.4) is 0 Å². The summed E-state index contributed by atoms with van der Waals surface area (Å²) in [6, 6.07) is 15.0. The van der Waals surface area contributed by atoms with E-state index < -0.39 is 0 Å². The fraction of sp³-hybridized carbons (Fsp3) is 0.300. The highest BCUT2D eigenvalue weighted by Crippen LogP contribution is 2.32. The van der Waals surface area contributed by atoms with E-state index in [0.29, 0.717) is 41.5 Å². The van der Waals surface area contributed by atoms with E-state index >= 15 is 0 Å². The van der Waals surface area contributed by atoms with E-state index in [9.17, 15) is 10.5 Å². The first-order valence-electron chi connectivity index (χ1n) is 8.23. The van der Waals surface area contributed by atoms with Crippen LogP contribution >= 0.6 is 0 Å². The summed E-state index contributed by atoms with van der Waals surface area (Å²) < 4.78 is 11.2. The van der Waals surface area contributed by atoms with Gasteiger partial charge in [0.05, 0.1) is 30.0 Å². The molecule has 0 saturated heterocycles. The number of rotatable bonds is 7. The molecule has 0 saturated carbocycles. The number of benzene rings is 2. The van der Waals surface area contributed by atoms with E-state index in [-0.39, 0.29) is 6.04 Å². The Morgan fingerprint density at radius 3 is 2.12 bits per heavy atom. The predicted molar refractivity (Wildman–Crippen MR) is 96.7 cm³/mol. The summed E-state index contributed by atoms with van der Waals surface area (Å²) in [7, 11) is 0. The molecule has 1 atom stereocenters. The number of nitrogens with zero attached hydrogens (tertiary/aromatic N) is 2. The van der Waals surface area contributed by atoms with E-state index in [1.54, 1.807) is 18.2 Å². The molecule has 5 heteroatoms. The average molecular weight is 335 g/mol. The van der Waals surface area contributed by atoms with Gasteiger partial charge < -0.3 is 14.8 Å². The summed E-state index contributed by atoms with van der Waals surface area (Å²) in [5.41, 5.74) is 2.42. The zero-order chi connectivity index (χ0) is 18.2. The van der Waals surface area contributed by atoms with Crippen LogP contribution in [0.2, 0.25) is 0 Å². The van der Waals surface area contributed by atoms with Crippen LogP contribution < -0.4 is 14.8 Å². The summed E-state index contributed by atoms with van der Waals surface area (Å²) in [6.45, 7) is 6.93. The molecular weight excluding hydrogens is 314 g/mol. The minimum Gasteiger partial charge on any atom is -0.490 e. The lowest BCUT2D eigenvalue weighted by Gasteiger charge is -2.19. The molecule has 0 aliphatic carbocycles. The number of ether oxygens (including phenoxy) is 2. The molecule has 25 heavy (non-hydrogen) atoms. The maximum atomic E-state index is 9.30. The fourth-order valence-electron chi connectivity index (χ4n) is 2.53. The second-order valence-electron chi connectivity index (χ2n) is 5.39. The van der Waals surface area contributed by atoms with E-state index in [1.807, 2.05) is 39.0 Å². The number of nitrogens with one attached hydrogen (secondary N) is 1. The van der Waals surface area contributed by atoms with Crippen molar-refractivity contribution in [2.45, 2.75) is 26.8 Å². The van der Waals surface area contributed by atoms with Crippen LogP contribution in [0.15, 0.2) is 36.4 Å². The Kier molecular flexibility index (Phi) is 6.26. The van der Waals surface area contributed by atoms with Gasteiger partial charge in [0.1, 0.15) is 12.1 Å². The van der Waals surface area contributed by atoms with Crippen LogP contribution in [0.4, 0.5) is 5.69 Å². The Hall–Kier alpha value is -3.18. The van der Waals surface area contributed by atoms with Crippen molar-refractivity contribution >= 4 is 5.69 Å². The second-order valence-corrected chi connectivity index (χ2v) is 5.39. The van der Waals surface area contributed by atoms with Gasteiger partial charge in [0, 0.05) is 6.04 Å². The van der Waals surface area contributed by atoms with Crippen LogP contribution in [-0.4, -0.2) is 13.2 Å². The van der Waals surface area contributed by atoms with Gasteiger partial charge >= 0.3 is 0 Å². The Labute approximate surface area is 148 Å². The SMILES string of the molecule is CCOc1ccc(C(C)Nc2c(C#N)cccc2C#N)cc1OCC. The molecule has 2 aromatic carbocycles.